The maximum atomic E-state index is 13.4. The number of carbonyl (C=O) groups is 4. The van der Waals surface area contributed by atoms with Gasteiger partial charge in [-0.05, 0) is 42.0 Å². The zero-order chi connectivity index (χ0) is 26.8. The van der Waals surface area contributed by atoms with Gasteiger partial charge < -0.3 is 18.9 Å². The van der Waals surface area contributed by atoms with Crippen LogP contribution in [0, 0.1) is 5.41 Å². The summed E-state index contributed by atoms with van der Waals surface area (Å²) in [5.74, 6) is -4.73. The molecule has 9 heteroatoms. The molecule has 0 saturated heterocycles. The van der Waals surface area contributed by atoms with Gasteiger partial charge in [0.2, 0.25) is 0 Å². The molecule has 0 N–H and O–H groups in total. The predicted octanol–water partition coefficient (Wildman–Crippen LogP) is 4.70. The highest BCUT2D eigenvalue weighted by atomic mass is 35.5. The lowest BCUT2D eigenvalue weighted by Gasteiger charge is -2.27. The number of carbonyl (C=O) groups excluding carboxylic acids is 4. The summed E-state index contributed by atoms with van der Waals surface area (Å²) < 4.78 is 20.7. The second-order valence-corrected chi connectivity index (χ2v) is 8.22. The summed E-state index contributed by atoms with van der Waals surface area (Å²) in [6.07, 6.45) is -0.809. The second kappa shape index (κ2) is 12.5. The lowest BCUT2D eigenvalue weighted by molar-refractivity contribution is -0.174. The Morgan fingerprint density at radius 1 is 0.757 bits per heavy atom. The van der Waals surface area contributed by atoms with Gasteiger partial charge in [0.15, 0.2) is 0 Å². The van der Waals surface area contributed by atoms with Crippen LogP contribution in [0.3, 0.4) is 0 Å². The Morgan fingerprint density at radius 3 is 1.70 bits per heavy atom. The summed E-state index contributed by atoms with van der Waals surface area (Å²) in [6.45, 7) is 3.51. The number of hydrogen-bond donors (Lipinski definition) is 0. The third kappa shape index (κ3) is 6.83. The van der Waals surface area contributed by atoms with Gasteiger partial charge in [-0.25, -0.2) is 14.4 Å². The van der Waals surface area contributed by atoms with Crippen LogP contribution in [0.4, 0.5) is 0 Å². The Hall–Kier alpha value is -4.43. The maximum Gasteiger partial charge on any atom is 0.340 e. The van der Waals surface area contributed by atoms with Crippen molar-refractivity contribution in [2.45, 2.75) is 13.0 Å². The molecule has 0 unspecified atom stereocenters. The number of benzene rings is 3. The zero-order valence-corrected chi connectivity index (χ0v) is 20.6. The third-order valence-electron chi connectivity index (χ3n) is 5.19. The molecule has 3 aromatic rings. The van der Waals surface area contributed by atoms with Gasteiger partial charge in [0, 0.05) is 17.0 Å². The van der Waals surface area contributed by atoms with Crippen molar-refractivity contribution in [2.24, 2.45) is 5.41 Å². The summed E-state index contributed by atoms with van der Waals surface area (Å²) in [5.41, 5.74) is -2.43. The molecule has 0 heterocycles. The first-order valence-electron chi connectivity index (χ1n) is 11.0. The van der Waals surface area contributed by atoms with Crippen molar-refractivity contribution in [3.05, 3.63) is 108 Å². The summed E-state index contributed by atoms with van der Waals surface area (Å²) in [6, 6.07) is 22.1. The standard InChI is InChI=1S/C28H23ClO8/c1-19(24(30)35-18-20-13-15-21(29)16-14-20)17-28(25(31)34-2,26(32)36-22-9-5-3-6-10-22)27(33)37-23-11-7-4-8-12-23/h3-16H,1,17-18H2,2H3. The van der Waals surface area contributed by atoms with E-state index in [1.54, 1.807) is 60.7 Å². The quantitative estimate of drug-likeness (QED) is 0.163. The van der Waals surface area contributed by atoms with Gasteiger partial charge in [-0.2, -0.15) is 0 Å². The summed E-state index contributed by atoms with van der Waals surface area (Å²) in [7, 11) is 0.990. The first-order chi connectivity index (χ1) is 17.8. The molecular weight excluding hydrogens is 500 g/mol. The maximum absolute atomic E-state index is 13.4. The molecule has 0 aliphatic carbocycles. The predicted molar refractivity (Wildman–Crippen MR) is 134 cm³/mol. The molecular formula is C28H23ClO8. The van der Waals surface area contributed by atoms with Crippen LogP contribution < -0.4 is 9.47 Å². The average Bonchev–Trinajstić information content (AvgIpc) is 2.91. The zero-order valence-electron chi connectivity index (χ0n) is 19.8. The van der Waals surface area contributed by atoms with Gasteiger partial charge in [0.25, 0.3) is 5.41 Å². The van der Waals surface area contributed by atoms with Crippen LogP contribution in [-0.2, 0) is 35.3 Å². The number of hydrogen-bond acceptors (Lipinski definition) is 8. The van der Waals surface area contributed by atoms with Crippen LogP contribution in [0.15, 0.2) is 97.1 Å². The number of para-hydroxylation sites is 2. The molecule has 3 aromatic carbocycles. The second-order valence-electron chi connectivity index (χ2n) is 7.78. The van der Waals surface area contributed by atoms with Crippen molar-refractivity contribution in [2.75, 3.05) is 7.11 Å². The number of methoxy groups -OCH3 is 1. The highest BCUT2D eigenvalue weighted by Crippen LogP contribution is 2.33. The molecule has 37 heavy (non-hydrogen) atoms. The Labute approximate surface area is 218 Å². The van der Waals surface area contributed by atoms with E-state index in [0.717, 1.165) is 7.11 Å². The number of ether oxygens (including phenoxy) is 4. The molecule has 0 aromatic heterocycles. The topological polar surface area (TPSA) is 105 Å². The van der Waals surface area contributed by atoms with Crippen LogP contribution in [0.5, 0.6) is 11.5 Å². The third-order valence-corrected chi connectivity index (χ3v) is 5.44. The summed E-state index contributed by atoms with van der Waals surface area (Å²) in [5, 5.41) is 0.510. The minimum absolute atomic E-state index is 0.0595. The van der Waals surface area contributed by atoms with E-state index in [9.17, 15) is 19.2 Å². The van der Waals surface area contributed by atoms with Crippen molar-refractivity contribution >= 4 is 35.5 Å². The van der Waals surface area contributed by atoms with E-state index in [2.05, 4.69) is 6.58 Å². The molecule has 0 bridgehead atoms. The molecule has 0 aliphatic heterocycles. The van der Waals surface area contributed by atoms with Gasteiger partial charge in [0.05, 0.1) is 7.11 Å². The Bertz CT molecular complexity index is 1220. The van der Waals surface area contributed by atoms with E-state index < -0.39 is 35.7 Å². The van der Waals surface area contributed by atoms with Crippen LogP contribution in [0.1, 0.15) is 12.0 Å². The van der Waals surface area contributed by atoms with Gasteiger partial charge in [0.1, 0.15) is 18.1 Å². The summed E-state index contributed by atoms with van der Waals surface area (Å²) in [4.78, 5) is 52.6. The molecule has 190 valence electrons. The highest BCUT2D eigenvalue weighted by Gasteiger charge is 2.58. The van der Waals surface area contributed by atoms with Crippen molar-refractivity contribution in [3.8, 4) is 11.5 Å². The van der Waals surface area contributed by atoms with Crippen LogP contribution in [0.2, 0.25) is 5.02 Å². The molecule has 0 fully saturated rings. The molecule has 0 saturated carbocycles. The fourth-order valence-corrected chi connectivity index (χ4v) is 3.36. The largest absolute Gasteiger partial charge is 0.468 e. The van der Waals surface area contributed by atoms with Crippen LogP contribution in [-0.4, -0.2) is 31.0 Å². The van der Waals surface area contributed by atoms with Gasteiger partial charge in [-0.1, -0.05) is 66.7 Å². The molecule has 0 amide bonds. The number of esters is 4. The molecule has 3 rings (SSSR count). The van der Waals surface area contributed by atoms with Gasteiger partial charge >= 0.3 is 23.9 Å². The van der Waals surface area contributed by atoms with E-state index >= 15 is 0 Å². The van der Waals surface area contributed by atoms with Crippen molar-refractivity contribution in [3.63, 3.8) is 0 Å². The van der Waals surface area contributed by atoms with E-state index in [4.69, 9.17) is 30.5 Å². The van der Waals surface area contributed by atoms with E-state index in [1.165, 1.54) is 24.3 Å². The fraction of sp³-hybridized carbons (Fsp3) is 0.143. The van der Waals surface area contributed by atoms with Crippen molar-refractivity contribution in [1.29, 1.82) is 0 Å². The molecule has 0 spiro atoms. The minimum atomic E-state index is -2.71. The SMILES string of the molecule is C=C(CC(C(=O)OC)(C(=O)Oc1ccccc1)C(=O)Oc1ccccc1)C(=O)OCc1ccc(Cl)cc1. The Kier molecular flexibility index (Phi) is 9.18. The van der Waals surface area contributed by atoms with Gasteiger partial charge in [-0.15, -0.1) is 0 Å². The molecule has 0 aliphatic rings. The number of halogens is 1. The van der Waals surface area contributed by atoms with Crippen LogP contribution >= 0.6 is 11.6 Å². The summed E-state index contributed by atoms with van der Waals surface area (Å²) >= 11 is 5.86. The van der Waals surface area contributed by atoms with Crippen molar-refractivity contribution < 1.29 is 38.1 Å². The first-order valence-corrected chi connectivity index (χ1v) is 11.4. The van der Waals surface area contributed by atoms with Gasteiger partial charge in [-0.3, -0.25) is 4.79 Å². The monoisotopic (exact) mass is 522 g/mol. The average molecular weight is 523 g/mol. The van der Waals surface area contributed by atoms with Crippen molar-refractivity contribution in [1.82, 2.24) is 0 Å². The highest BCUT2D eigenvalue weighted by molar-refractivity contribution is 6.30. The molecule has 8 nitrogen and oxygen atoms in total. The van der Waals surface area contributed by atoms with E-state index in [0.29, 0.717) is 10.6 Å². The Morgan fingerprint density at radius 2 is 1.24 bits per heavy atom. The van der Waals surface area contributed by atoms with E-state index in [-0.39, 0.29) is 23.7 Å². The first kappa shape index (κ1) is 27.2. The molecule has 0 atom stereocenters. The van der Waals surface area contributed by atoms with E-state index in [1.807, 2.05) is 0 Å². The fourth-order valence-electron chi connectivity index (χ4n) is 3.23. The minimum Gasteiger partial charge on any atom is -0.468 e. The van der Waals surface area contributed by atoms with Crippen LogP contribution in [0.25, 0.3) is 0 Å². The Balaban J connectivity index is 1.90. The lowest BCUT2D eigenvalue weighted by Crippen LogP contribution is -2.52. The number of rotatable bonds is 10. The molecule has 0 radical (unpaired) electrons. The normalized spacial score (nSPS) is 10.6. The lowest BCUT2D eigenvalue weighted by atomic mass is 9.81. The smallest absolute Gasteiger partial charge is 0.340 e.